The van der Waals surface area contributed by atoms with Crippen LogP contribution in [0.3, 0.4) is 0 Å². The van der Waals surface area contributed by atoms with E-state index in [1.165, 1.54) is 12.8 Å². The van der Waals surface area contributed by atoms with Crippen molar-refractivity contribution in [3.63, 3.8) is 0 Å². The van der Waals surface area contributed by atoms with Crippen LogP contribution in [0, 0.1) is 0 Å². The summed E-state index contributed by atoms with van der Waals surface area (Å²) in [5.41, 5.74) is 1.85. The number of carbonyl (C=O) groups is 1. The third-order valence-electron chi connectivity index (χ3n) is 3.05. The number of unbranched alkanes of at least 4 members (excludes halogenated alkanes) is 1. The Morgan fingerprint density at radius 2 is 1.96 bits per heavy atom. The van der Waals surface area contributed by atoms with Crippen molar-refractivity contribution in [1.29, 1.82) is 0 Å². The van der Waals surface area contributed by atoms with E-state index < -0.39 is 0 Å². The van der Waals surface area contributed by atoms with E-state index >= 15 is 0 Å². The molecule has 0 unspecified atom stereocenters. The molecule has 0 spiro atoms. The molecular formula is C16H21N3OS3. The number of thioether (sulfide) groups is 2. The van der Waals surface area contributed by atoms with Gasteiger partial charge in [0, 0.05) is 31.2 Å². The summed E-state index contributed by atoms with van der Waals surface area (Å²) in [7, 11) is 3.53. The third-order valence-corrected chi connectivity index (χ3v) is 6.40. The molecule has 0 N–H and O–H groups in total. The van der Waals surface area contributed by atoms with Gasteiger partial charge >= 0.3 is 0 Å². The molecule has 124 valence electrons. The van der Waals surface area contributed by atoms with Gasteiger partial charge in [0.2, 0.25) is 0 Å². The molecule has 0 aliphatic carbocycles. The summed E-state index contributed by atoms with van der Waals surface area (Å²) in [5, 5.41) is 8.45. The monoisotopic (exact) mass is 367 g/mol. The number of amides is 1. The van der Waals surface area contributed by atoms with Crippen LogP contribution in [0.1, 0.15) is 35.7 Å². The molecule has 2 rings (SSSR count). The predicted molar refractivity (Wildman–Crippen MR) is 99.6 cm³/mol. The van der Waals surface area contributed by atoms with Crippen LogP contribution >= 0.6 is 34.9 Å². The zero-order valence-electron chi connectivity index (χ0n) is 13.6. The Bertz CT molecular complexity index is 643. The highest BCUT2D eigenvalue weighted by Gasteiger charge is 2.09. The van der Waals surface area contributed by atoms with Crippen molar-refractivity contribution in [1.82, 2.24) is 15.1 Å². The van der Waals surface area contributed by atoms with Gasteiger partial charge in [0.05, 0.1) is 0 Å². The Labute approximate surface area is 150 Å². The Morgan fingerprint density at radius 3 is 2.65 bits per heavy atom. The molecule has 1 amide bonds. The van der Waals surface area contributed by atoms with Gasteiger partial charge in [-0.2, -0.15) is 0 Å². The smallest absolute Gasteiger partial charge is 0.253 e. The van der Waals surface area contributed by atoms with Gasteiger partial charge in [0.1, 0.15) is 0 Å². The lowest BCUT2D eigenvalue weighted by molar-refractivity contribution is 0.0827. The normalized spacial score (nSPS) is 10.7. The van der Waals surface area contributed by atoms with Gasteiger partial charge in [-0.05, 0) is 24.1 Å². The number of nitrogens with zero attached hydrogens (tertiary/aromatic N) is 3. The lowest BCUT2D eigenvalue weighted by Gasteiger charge is -2.10. The summed E-state index contributed by atoms with van der Waals surface area (Å²) in [6.07, 6.45) is 2.41. The van der Waals surface area contributed by atoms with Crippen LogP contribution in [0.15, 0.2) is 32.9 Å². The van der Waals surface area contributed by atoms with Crippen molar-refractivity contribution in [2.75, 3.05) is 19.8 Å². The molecule has 1 heterocycles. The molecule has 2 aromatic rings. The van der Waals surface area contributed by atoms with Gasteiger partial charge in [0.15, 0.2) is 8.68 Å². The van der Waals surface area contributed by atoms with Gasteiger partial charge in [-0.15, -0.1) is 10.2 Å². The molecule has 4 nitrogen and oxygen atoms in total. The second kappa shape index (κ2) is 9.30. The summed E-state index contributed by atoms with van der Waals surface area (Å²) in [5.74, 6) is 1.93. The molecule has 0 saturated heterocycles. The van der Waals surface area contributed by atoms with Gasteiger partial charge in [-0.3, -0.25) is 4.79 Å². The number of hydrogen-bond donors (Lipinski definition) is 0. The Kier molecular flexibility index (Phi) is 7.39. The average Bonchev–Trinajstić information content (AvgIpc) is 3.00. The number of carbonyl (C=O) groups excluding carboxylic acids is 1. The minimum Gasteiger partial charge on any atom is -0.345 e. The quantitative estimate of drug-likeness (QED) is 0.510. The van der Waals surface area contributed by atoms with Crippen molar-refractivity contribution >= 4 is 40.8 Å². The first-order valence-electron chi connectivity index (χ1n) is 7.50. The van der Waals surface area contributed by atoms with Crippen LogP contribution in [-0.2, 0) is 5.75 Å². The van der Waals surface area contributed by atoms with Crippen LogP contribution in [0.5, 0.6) is 0 Å². The molecule has 0 saturated carbocycles. The fourth-order valence-electron chi connectivity index (χ4n) is 1.82. The first-order chi connectivity index (χ1) is 11.1. The standard InChI is InChI=1S/C16H21N3OS3/c1-4-5-9-21-15-17-18-16(23-15)22-11-12-7-6-8-13(10-12)14(20)19(2)3/h6-8,10H,4-5,9,11H2,1-3H3. The highest BCUT2D eigenvalue weighted by molar-refractivity contribution is 8.02. The first kappa shape index (κ1) is 18.3. The SMILES string of the molecule is CCCCSc1nnc(SCc2cccc(C(=O)N(C)C)c2)s1. The number of hydrogen-bond acceptors (Lipinski definition) is 6. The summed E-state index contributed by atoms with van der Waals surface area (Å²) in [6, 6.07) is 7.77. The van der Waals surface area contributed by atoms with E-state index in [0.717, 1.165) is 31.3 Å². The van der Waals surface area contributed by atoms with Gasteiger partial charge in [-0.25, -0.2) is 0 Å². The zero-order chi connectivity index (χ0) is 16.7. The largest absolute Gasteiger partial charge is 0.345 e. The summed E-state index contributed by atoms with van der Waals surface area (Å²) in [4.78, 5) is 13.6. The molecule has 0 radical (unpaired) electrons. The van der Waals surface area contributed by atoms with Gasteiger partial charge in [0.25, 0.3) is 5.91 Å². The van der Waals surface area contributed by atoms with Gasteiger partial charge in [-0.1, -0.05) is 60.3 Å². The van der Waals surface area contributed by atoms with E-state index in [9.17, 15) is 4.79 Å². The van der Waals surface area contributed by atoms with Crippen LogP contribution in [-0.4, -0.2) is 40.9 Å². The Morgan fingerprint density at radius 1 is 1.22 bits per heavy atom. The summed E-state index contributed by atoms with van der Waals surface area (Å²) in [6.45, 7) is 2.19. The number of aromatic nitrogens is 2. The topological polar surface area (TPSA) is 46.1 Å². The molecule has 1 aromatic carbocycles. The molecule has 0 atom stereocenters. The lowest BCUT2D eigenvalue weighted by atomic mass is 10.1. The number of rotatable bonds is 8. The van der Waals surface area contributed by atoms with Crippen molar-refractivity contribution in [3.8, 4) is 0 Å². The van der Waals surface area contributed by atoms with Crippen LogP contribution in [0.2, 0.25) is 0 Å². The van der Waals surface area contributed by atoms with Crippen molar-refractivity contribution < 1.29 is 4.79 Å². The first-order valence-corrected chi connectivity index (χ1v) is 10.3. The van der Waals surface area contributed by atoms with Crippen LogP contribution in [0.25, 0.3) is 0 Å². The highest BCUT2D eigenvalue weighted by atomic mass is 32.2. The molecule has 0 aliphatic rings. The molecule has 0 fully saturated rings. The molecule has 23 heavy (non-hydrogen) atoms. The summed E-state index contributed by atoms with van der Waals surface area (Å²) >= 11 is 5.09. The Balaban J connectivity index is 1.91. The lowest BCUT2D eigenvalue weighted by Crippen LogP contribution is -2.21. The van der Waals surface area contributed by atoms with Crippen LogP contribution < -0.4 is 0 Å². The fraction of sp³-hybridized carbons (Fsp3) is 0.438. The average molecular weight is 368 g/mol. The minimum absolute atomic E-state index is 0.0300. The van der Waals surface area contributed by atoms with Gasteiger partial charge < -0.3 is 4.90 Å². The van der Waals surface area contributed by atoms with E-state index in [4.69, 9.17) is 0 Å². The van der Waals surface area contributed by atoms with E-state index in [1.807, 2.05) is 24.3 Å². The molecule has 1 aromatic heterocycles. The maximum absolute atomic E-state index is 12.0. The van der Waals surface area contributed by atoms with E-state index in [1.54, 1.807) is 53.9 Å². The van der Waals surface area contributed by atoms with E-state index in [-0.39, 0.29) is 5.91 Å². The second-order valence-corrected chi connectivity index (χ2v) is 8.77. The fourth-order valence-corrected chi connectivity index (χ4v) is 4.93. The maximum atomic E-state index is 12.0. The molecule has 7 heteroatoms. The maximum Gasteiger partial charge on any atom is 0.253 e. The predicted octanol–water partition coefficient (Wildman–Crippen LogP) is 4.42. The van der Waals surface area contributed by atoms with Crippen molar-refractivity contribution in [2.45, 2.75) is 34.2 Å². The highest BCUT2D eigenvalue weighted by Crippen LogP contribution is 2.31. The van der Waals surface area contributed by atoms with E-state index in [2.05, 4.69) is 17.1 Å². The molecule has 0 bridgehead atoms. The second-order valence-electron chi connectivity index (χ2n) is 5.22. The third kappa shape index (κ3) is 5.82. The van der Waals surface area contributed by atoms with Crippen LogP contribution in [0.4, 0.5) is 0 Å². The Hall–Kier alpha value is -1.05. The van der Waals surface area contributed by atoms with E-state index in [0.29, 0.717) is 0 Å². The zero-order valence-corrected chi connectivity index (χ0v) is 16.1. The van der Waals surface area contributed by atoms with Crippen molar-refractivity contribution in [3.05, 3.63) is 35.4 Å². The minimum atomic E-state index is 0.0300. The summed E-state index contributed by atoms with van der Waals surface area (Å²) < 4.78 is 2.02. The van der Waals surface area contributed by atoms with Crippen molar-refractivity contribution in [2.24, 2.45) is 0 Å². The number of benzene rings is 1. The molecular weight excluding hydrogens is 346 g/mol. The molecule has 0 aliphatic heterocycles.